The molecule has 1 amide bonds. The maximum atomic E-state index is 12.1. The number of carbonyl (C=O) groups excluding carboxylic acids is 2. The summed E-state index contributed by atoms with van der Waals surface area (Å²) in [6.45, 7) is 7.31. The molecule has 0 saturated carbocycles. The first-order valence-corrected chi connectivity index (χ1v) is 7.87. The fraction of sp³-hybridized carbons (Fsp3) is 0.857. The molecule has 0 aromatic carbocycles. The molecule has 0 aliphatic carbocycles. The van der Waals surface area contributed by atoms with Gasteiger partial charge in [-0.2, -0.15) is 11.8 Å². The summed E-state index contributed by atoms with van der Waals surface area (Å²) in [5.41, 5.74) is -1.33. The average Bonchev–Trinajstić information content (AvgIpc) is 2.36. The predicted octanol–water partition coefficient (Wildman–Crippen LogP) is 2.95. The quantitative estimate of drug-likeness (QED) is 0.749. The Kier molecular flexibility index (Phi) is 5.30. The standard InChI is InChI=1S/C14H25NO3S/c1-13(2,3)18-12(17)15(5)14(4,10-16)11-7-6-8-19-9-11/h10-11H,6-9H2,1-5H3. The van der Waals surface area contributed by atoms with Crippen LogP contribution >= 0.6 is 11.8 Å². The van der Waals surface area contributed by atoms with E-state index in [4.69, 9.17) is 4.74 Å². The van der Waals surface area contributed by atoms with Crippen molar-refractivity contribution in [1.29, 1.82) is 0 Å². The van der Waals surface area contributed by atoms with Crippen LogP contribution in [0.2, 0.25) is 0 Å². The van der Waals surface area contributed by atoms with Crippen molar-refractivity contribution in [3.05, 3.63) is 0 Å². The molecule has 1 aliphatic heterocycles. The van der Waals surface area contributed by atoms with Crippen molar-refractivity contribution in [3.63, 3.8) is 0 Å². The van der Waals surface area contributed by atoms with Crippen LogP contribution in [-0.2, 0) is 9.53 Å². The molecule has 4 nitrogen and oxygen atoms in total. The van der Waals surface area contributed by atoms with Crippen molar-refractivity contribution < 1.29 is 14.3 Å². The fourth-order valence-electron chi connectivity index (χ4n) is 2.18. The molecule has 110 valence electrons. The summed E-state index contributed by atoms with van der Waals surface area (Å²) < 4.78 is 5.36. The maximum Gasteiger partial charge on any atom is 0.410 e. The largest absolute Gasteiger partial charge is 0.444 e. The molecule has 0 bridgehead atoms. The third-order valence-electron chi connectivity index (χ3n) is 3.62. The highest BCUT2D eigenvalue weighted by Gasteiger charge is 2.42. The molecule has 1 rings (SSSR count). The zero-order chi connectivity index (χ0) is 14.7. The number of carbonyl (C=O) groups is 2. The summed E-state index contributed by atoms with van der Waals surface area (Å²) >= 11 is 1.85. The molecule has 1 heterocycles. The highest BCUT2D eigenvalue weighted by molar-refractivity contribution is 7.99. The van der Waals surface area contributed by atoms with Crippen LogP contribution in [0.4, 0.5) is 4.79 Å². The van der Waals surface area contributed by atoms with Crippen LogP contribution in [0.15, 0.2) is 0 Å². The molecule has 2 unspecified atom stereocenters. The Hall–Kier alpha value is -0.710. The van der Waals surface area contributed by atoms with Crippen LogP contribution < -0.4 is 0 Å². The van der Waals surface area contributed by atoms with Gasteiger partial charge in [-0.1, -0.05) is 0 Å². The first-order valence-electron chi connectivity index (χ1n) is 6.71. The van der Waals surface area contributed by atoms with E-state index in [1.54, 1.807) is 7.05 Å². The lowest BCUT2D eigenvalue weighted by Gasteiger charge is -2.42. The molecular weight excluding hydrogens is 262 g/mol. The van der Waals surface area contributed by atoms with Crippen LogP contribution in [0.3, 0.4) is 0 Å². The van der Waals surface area contributed by atoms with Crippen LogP contribution in [0.25, 0.3) is 0 Å². The van der Waals surface area contributed by atoms with Crippen molar-refractivity contribution in [2.24, 2.45) is 5.92 Å². The van der Waals surface area contributed by atoms with Gasteiger partial charge < -0.3 is 9.53 Å². The van der Waals surface area contributed by atoms with E-state index in [0.29, 0.717) is 0 Å². The van der Waals surface area contributed by atoms with Crippen molar-refractivity contribution >= 4 is 24.1 Å². The van der Waals surface area contributed by atoms with Gasteiger partial charge in [-0.15, -0.1) is 0 Å². The number of rotatable bonds is 3. The van der Waals surface area contributed by atoms with Gasteiger partial charge >= 0.3 is 6.09 Å². The highest BCUT2D eigenvalue weighted by Crippen LogP contribution is 2.34. The lowest BCUT2D eigenvalue weighted by Crippen LogP contribution is -2.56. The minimum atomic E-state index is -0.782. The fourth-order valence-corrected chi connectivity index (χ4v) is 3.50. The molecular formula is C14H25NO3S. The van der Waals surface area contributed by atoms with Crippen molar-refractivity contribution in [3.8, 4) is 0 Å². The summed E-state index contributed by atoms with van der Waals surface area (Å²) in [6, 6.07) is 0. The number of ether oxygens (including phenoxy) is 1. The van der Waals surface area contributed by atoms with Gasteiger partial charge in [-0.25, -0.2) is 4.79 Å². The summed E-state index contributed by atoms with van der Waals surface area (Å²) in [7, 11) is 1.65. The van der Waals surface area contributed by atoms with Gasteiger partial charge in [0, 0.05) is 7.05 Å². The Morgan fingerprint density at radius 3 is 2.42 bits per heavy atom. The first-order chi connectivity index (χ1) is 8.70. The van der Waals surface area contributed by atoms with Crippen molar-refractivity contribution in [2.75, 3.05) is 18.6 Å². The van der Waals surface area contributed by atoms with E-state index < -0.39 is 17.2 Å². The van der Waals surface area contributed by atoms with E-state index in [1.165, 1.54) is 4.90 Å². The molecule has 1 fully saturated rings. The lowest BCUT2D eigenvalue weighted by atomic mass is 9.83. The minimum absolute atomic E-state index is 0.196. The van der Waals surface area contributed by atoms with Gasteiger partial charge in [0.25, 0.3) is 0 Å². The second kappa shape index (κ2) is 6.16. The minimum Gasteiger partial charge on any atom is -0.444 e. The topological polar surface area (TPSA) is 46.6 Å². The highest BCUT2D eigenvalue weighted by atomic mass is 32.2. The summed E-state index contributed by atoms with van der Waals surface area (Å²) in [5, 5.41) is 0. The van der Waals surface area contributed by atoms with Crippen molar-refractivity contribution in [1.82, 2.24) is 4.90 Å². The SMILES string of the molecule is CN(C(=O)OC(C)(C)C)C(C)(C=O)C1CCCSC1. The van der Waals surface area contributed by atoms with Gasteiger partial charge in [0.2, 0.25) is 0 Å². The summed E-state index contributed by atoms with van der Waals surface area (Å²) in [6.07, 6.45) is 2.54. The normalized spacial score (nSPS) is 23.3. The first kappa shape index (κ1) is 16.3. The number of thioether (sulfide) groups is 1. The molecule has 0 spiro atoms. The van der Waals surface area contributed by atoms with Crippen LogP contribution in [0.5, 0.6) is 0 Å². The molecule has 0 N–H and O–H groups in total. The molecule has 1 saturated heterocycles. The van der Waals surface area contributed by atoms with Crippen LogP contribution in [-0.4, -0.2) is 47.0 Å². The van der Waals surface area contributed by atoms with Crippen LogP contribution in [0.1, 0.15) is 40.5 Å². The van der Waals surface area contributed by atoms with Crippen LogP contribution in [0, 0.1) is 5.92 Å². The molecule has 0 aromatic rings. The molecule has 0 aromatic heterocycles. The zero-order valence-electron chi connectivity index (χ0n) is 12.6. The van der Waals surface area contributed by atoms with E-state index in [1.807, 2.05) is 39.5 Å². The lowest BCUT2D eigenvalue weighted by molar-refractivity contribution is -0.119. The van der Waals surface area contributed by atoms with E-state index in [9.17, 15) is 9.59 Å². The molecule has 0 radical (unpaired) electrons. The third kappa shape index (κ3) is 4.13. The van der Waals surface area contributed by atoms with Gasteiger partial charge in [0.05, 0.1) is 0 Å². The Balaban J connectivity index is 2.81. The Bertz CT molecular complexity index is 334. The third-order valence-corrected chi connectivity index (χ3v) is 4.83. The van der Waals surface area contributed by atoms with E-state index in [2.05, 4.69) is 0 Å². The molecule has 2 atom stereocenters. The second-order valence-corrected chi connectivity index (χ2v) is 7.45. The number of hydrogen-bond acceptors (Lipinski definition) is 4. The number of hydrogen-bond donors (Lipinski definition) is 0. The van der Waals surface area contributed by atoms with E-state index in [0.717, 1.165) is 30.6 Å². The Labute approximate surface area is 120 Å². The van der Waals surface area contributed by atoms with Gasteiger partial charge in [0.15, 0.2) is 0 Å². The number of aldehydes is 1. The van der Waals surface area contributed by atoms with Gasteiger partial charge in [-0.3, -0.25) is 4.90 Å². The second-order valence-electron chi connectivity index (χ2n) is 6.30. The number of nitrogens with zero attached hydrogens (tertiary/aromatic N) is 1. The van der Waals surface area contributed by atoms with E-state index in [-0.39, 0.29) is 5.92 Å². The number of amides is 1. The monoisotopic (exact) mass is 287 g/mol. The smallest absolute Gasteiger partial charge is 0.410 e. The zero-order valence-corrected chi connectivity index (χ0v) is 13.4. The van der Waals surface area contributed by atoms with Gasteiger partial charge in [0.1, 0.15) is 17.4 Å². The van der Waals surface area contributed by atoms with Crippen molar-refractivity contribution in [2.45, 2.75) is 51.7 Å². The Morgan fingerprint density at radius 1 is 1.37 bits per heavy atom. The summed E-state index contributed by atoms with van der Waals surface area (Å²) in [5.74, 6) is 2.26. The Morgan fingerprint density at radius 2 is 2.00 bits per heavy atom. The number of likely N-dealkylation sites (N-methyl/N-ethyl adjacent to an activating group) is 1. The average molecular weight is 287 g/mol. The molecule has 19 heavy (non-hydrogen) atoms. The molecule has 5 heteroatoms. The summed E-state index contributed by atoms with van der Waals surface area (Å²) in [4.78, 5) is 25.2. The molecule has 1 aliphatic rings. The maximum absolute atomic E-state index is 12.1. The van der Waals surface area contributed by atoms with Gasteiger partial charge in [-0.05, 0) is 58.0 Å². The predicted molar refractivity (Wildman–Crippen MR) is 78.5 cm³/mol. The van der Waals surface area contributed by atoms with E-state index >= 15 is 0 Å².